The fraction of sp³-hybridized carbons (Fsp3) is 0.125. The Bertz CT molecular complexity index is 986. The third-order valence-corrected chi connectivity index (χ3v) is 4.96. The molecule has 6 N–H and O–H groups in total. The van der Waals surface area contributed by atoms with Crippen LogP contribution in [0.4, 0.5) is 11.4 Å². The molecule has 0 atom stereocenters. The second-order valence-corrected chi connectivity index (χ2v) is 7.47. The molecule has 27 heavy (non-hydrogen) atoms. The van der Waals surface area contributed by atoms with Gasteiger partial charge in [0.05, 0.1) is 4.90 Å². The van der Waals surface area contributed by atoms with Gasteiger partial charge in [0.25, 0.3) is 10.0 Å². The van der Waals surface area contributed by atoms with Crippen molar-refractivity contribution in [3.05, 3.63) is 42.5 Å². The standard InChI is InChI=1S/C16H17N5O4S2/c17-15(18)21-27(22,23)12-4-1-10(2-5-12)19-16(26)20-11-3-6-13-14(9-11)25-8-7-24-13/h1-6,9H,7-8H2,(H4,17,18,21)(H2,19,20,26). The first-order valence-electron chi connectivity index (χ1n) is 7.77. The minimum atomic E-state index is -3.93. The van der Waals surface area contributed by atoms with E-state index in [4.69, 9.17) is 33.2 Å². The van der Waals surface area contributed by atoms with Crippen molar-refractivity contribution in [2.24, 2.45) is 15.9 Å². The number of ether oxygens (including phenoxy) is 2. The summed E-state index contributed by atoms with van der Waals surface area (Å²) < 4.78 is 38.0. The highest BCUT2D eigenvalue weighted by Crippen LogP contribution is 2.32. The van der Waals surface area contributed by atoms with Crippen molar-refractivity contribution in [3.63, 3.8) is 0 Å². The van der Waals surface area contributed by atoms with Gasteiger partial charge in [0.2, 0.25) is 5.96 Å². The van der Waals surface area contributed by atoms with Gasteiger partial charge in [0.15, 0.2) is 16.6 Å². The van der Waals surface area contributed by atoms with Crippen molar-refractivity contribution >= 4 is 44.7 Å². The summed E-state index contributed by atoms with van der Waals surface area (Å²) in [4.78, 5) is -0.0350. The molecule has 0 aromatic heterocycles. The van der Waals surface area contributed by atoms with Gasteiger partial charge >= 0.3 is 0 Å². The molecule has 1 aliphatic heterocycles. The SMILES string of the molecule is NC(N)=NS(=O)(=O)c1ccc(NC(=S)Nc2ccc3c(c2)OCCO3)cc1. The van der Waals surface area contributed by atoms with E-state index < -0.39 is 16.0 Å². The first kappa shape index (κ1) is 18.7. The molecule has 0 aliphatic carbocycles. The molecule has 0 amide bonds. The van der Waals surface area contributed by atoms with E-state index in [1.807, 2.05) is 6.07 Å². The van der Waals surface area contributed by atoms with Crippen LogP contribution in [0.5, 0.6) is 11.5 Å². The Kier molecular flexibility index (Phi) is 5.33. The molecule has 0 fully saturated rings. The lowest BCUT2D eigenvalue weighted by Gasteiger charge is -2.19. The number of thiocarbonyl (C=S) groups is 1. The molecule has 9 nitrogen and oxygen atoms in total. The van der Waals surface area contributed by atoms with Gasteiger partial charge in [-0.2, -0.15) is 8.42 Å². The summed E-state index contributed by atoms with van der Waals surface area (Å²) in [5.41, 5.74) is 11.6. The molecule has 0 bridgehead atoms. The molecule has 1 heterocycles. The summed E-state index contributed by atoms with van der Waals surface area (Å²) >= 11 is 5.27. The molecule has 3 rings (SSSR count). The summed E-state index contributed by atoms with van der Waals surface area (Å²) in [6.07, 6.45) is 0. The molecular formula is C16H17N5O4S2. The summed E-state index contributed by atoms with van der Waals surface area (Å²) in [7, 11) is -3.93. The van der Waals surface area contributed by atoms with Crippen LogP contribution in [0.3, 0.4) is 0 Å². The van der Waals surface area contributed by atoms with Crippen LogP contribution in [-0.4, -0.2) is 32.7 Å². The Balaban J connectivity index is 1.65. The number of fused-ring (bicyclic) bond motifs is 1. The van der Waals surface area contributed by atoms with E-state index >= 15 is 0 Å². The van der Waals surface area contributed by atoms with Crippen molar-refractivity contribution in [3.8, 4) is 11.5 Å². The average molecular weight is 407 g/mol. The Morgan fingerprint density at radius 3 is 2.22 bits per heavy atom. The van der Waals surface area contributed by atoms with Crippen LogP contribution >= 0.6 is 12.2 Å². The average Bonchev–Trinajstić information content (AvgIpc) is 2.61. The van der Waals surface area contributed by atoms with Gasteiger partial charge in [-0.3, -0.25) is 0 Å². The van der Waals surface area contributed by atoms with Crippen molar-refractivity contribution in [1.29, 1.82) is 0 Å². The maximum Gasteiger partial charge on any atom is 0.285 e. The van der Waals surface area contributed by atoms with Gasteiger partial charge in [-0.25, -0.2) is 0 Å². The van der Waals surface area contributed by atoms with Crippen LogP contribution in [0.25, 0.3) is 0 Å². The highest BCUT2D eigenvalue weighted by Gasteiger charge is 2.14. The molecular weight excluding hydrogens is 390 g/mol. The van der Waals surface area contributed by atoms with Crippen molar-refractivity contribution in [1.82, 2.24) is 0 Å². The monoisotopic (exact) mass is 407 g/mol. The maximum atomic E-state index is 11.9. The molecule has 0 saturated carbocycles. The van der Waals surface area contributed by atoms with Crippen LogP contribution in [0.1, 0.15) is 0 Å². The fourth-order valence-corrected chi connectivity index (χ4v) is 3.41. The van der Waals surface area contributed by atoms with Crippen LogP contribution in [0.15, 0.2) is 51.8 Å². The minimum Gasteiger partial charge on any atom is -0.486 e. The lowest BCUT2D eigenvalue weighted by atomic mass is 10.2. The quantitative estimate of drug-likeness (QED) is 0.334. The molecule has 1 aliphatic rings. The second-order valence-electron chi connectivity index (χ2n) is 5.45. The van der Waals surface area contributed by atoms with Gasteiger partial charge in [-0.15, -0.1) is 4.40 Å². The molecule has 0 saturated heterocycles. The van der Waals surface area contributed by atoms with Crippen molar-refractivity contribution in [2.75, 3.05) is 23.8 Å². The molecule has 0 unspecified atom stereocenters. The van der Waals surface area contributed by atoms with Gasteiger partial charge < -0.3 is 31.6 Å². The number of anilines is 2. The third kappa shape index (κ3) is 4.77. The first-order valence-corrected chi connectivity index (χ1v) is 9.62. The van der Waals surface area contributed by atoms with Crippen LogP contribution in [0.2, 0.25) is 0 Å². The van der Waals surface area contributed by atoms with E-state index in [0.29, 0.717) is 35.5 Å². The molecule has 11 heteroatoms. The highest BCUT2D eigenvalue weighted by molar-refractivity contribution is 7.90. The molecule has 2 aromatic rings. The Morgan fingerprint density at radius 1 is 0.963 bits per heavy atom. The largest absolute Gasteiger partial charge is 0.486 e. The predicted octanol–water partition coefficient (Wildman–Crippen LogP) is 1.23. The number of rotatable bonds is 4. The summed E-state index contributed by atoms with van der Waals surface area (Å²) in [5.74, 6) is 0.800. The normalized spacial score (nSPS) is 12.7. The molecule has 142 valence electrons. The van der Waals surface area contributed by atoms with E-state index in [2.05, 4.69) is 15.0 Å². The number of hydrogen-bond donors (Lipinski definition) is 4. The Morgan fingerprint density at radius 2 is 1.56 bits per heavy atom. The lowest BCUT2D eigenvalue weighted by molar-refractivity contribution is 0.171. The van der Waals surface area contributed by atoms with Gasteiger partial charge in [0, 0.05) is 17.4 Å². The van der Waals surface area contributed by atoms with Crippen molar-refractivity contribution < 1.29 is 17.9 Å². The summed E-state index contributed by atoms with van der Waals surface area (Å²) in [5, 5.41) is 6.31. The maximum absolute atomic E-state index is 11.9. The highest BCUT2D eigenvalue weighted by atomic mass is 32.2. The number of nitrogens with one attached hydrogen (secondary N) is 2. The van der Waals surface area contributed by atoms with Gasteiger partial charge in [-0.1, -0.05) is 0 Å². The zero-order valence-electron chi connectivity index (χ0n) is 14.0. The zero-order valence-corrected chi connectivity index (χ0v) is 15.6. The smallest absolute Gasteiger partial charge is 0.285 e. The van der Waals surface area contributed by atoms with Crippen LogP contribution < -0.4 is 31.6 Å². The first-order chi connectivity index (χ1) is 12.8. The number of sulfonamides is 1. The number of hydrogen-bond acceptors (Lipinski definition) is 5. The zero-order chi connectivity index (χ0) is 19.4. The predicted molar refractivity (Wildman–Crippen MR) is 107 cm³/mol. The van der Waals surface area contributed by atoms with E-state index in [0.717, 1.165) is 5.69 Å². The van der Waals surface area contributed by atoms with Crippen LogP contribution in [0, 0.1) is 0 Å². The van der Waals surface area contributed by atoms with Crippen molar-refractivity contribution in [2.45, 2.75) is 4.90 Å². The summed E-state index contributed by atoms with van der Waals surface area (Å²) in [6.45, 7) is 1.02. The van der Waals surface area contributed by atoms with E-state index in [1.54, 1.807) is 24.3 Å². The van der Waals surface area contributed by atoms with E-state index in [1.165, 1.54) is 12.1 Å². The Hall–Kier alpha value is -3.05. The molecule has 0 radical (unpaired) electrons. The minimum absolute atomic E-state index is 0.0350. The van der Waals surface area contributed by atoms with Gasteiger partial charge in [0.1, 0.15) is 13.2 Å². The lowest BCUT2D eigenvalue weighted by Crippen LogP contribution is -2.24. The number of guanidine groups is 1. The Labute approximate surface area is 161 Å². The van der Waals surface area contributed by atoms with E-state index in [-0.39, 0.29) is 4.90 Å². The second kappa shape index (κ2) is 7.68. The number of nitrogens with zero attached hydrogens (tertiary/aromatic N) is 1. The fourth-order valence-electron chi connectivity index (χ4n) is 2.32. The topological polar surface area (TPSA) is 141 Å². The third-order valence-electron chi connectivity index (χ3n) is 3.44. The summed E-state index contributed by atoms with van der Waals surface area (Å²) in [6, 6.07) is 11.2. The molecule has 2 aromatic carbocycles. The number of nitrogens with two attached hydrogens (primary N) is 2. The van der Waals surface area contributed by atoms with Gasteiger partial charge in [-0.05, 0) is 48.6 Å². The van der Waals surface area contributed by atoms with Crippen LogP contribution in [-0.2, 0) is 10.0 Å². The number of benzene rings is 2. The van der Waals surface area contributed by atoms with E-state index in [9.17, 15) is 8.42 Å². The molecule has 0 spiro atoms.